The van der Waals surface area contributed by atoms with E-state index in [9.17, 15) is 4.79 Å². The van der Waals surface area contributed by atoms with Gasteiger partial charge in [0.1, 0.15) is 5.69 Å². The van der Waals surface area contributed by atoms with Gasteiger partial charge >= 0.3 is 0 Å². The Balaban J connectivity index is 1.59. The number of benzene rings is 3. The lowest BCUT2D eigenvalue weighted by molar-refractivity contribution is 0.0951. The molecule has 0 fully saturated rings. The van der Waals surface area contributed by atoms with Crippen molar-refractivity contribution in [2.75, 3.05) is 13.2 Å². The summed E-state index contributed by atoms with van der Waals surface area (Å²) in [6.45, 7) is 5.32. The summed E-state index contributed by atoms with van der Waals surface area (Å²) in [6, 6.07) is 25.2. The zero-order valence-electron chi connectivity index (χ0n) is 18.8. The Morgan fingerprint density at radius 2 is 1.55 bits per heavy atom. The molecule has 0 atom stereocenters. The summed E-state index contributed by atoms with van der Waals surface area (Å²) in [5, 5.41) is 7.74. The number of rotatable bonds is 9. The predicted molar refractivity (Wildman–Crippen MR) is 129 cm³/mol. The van der Waals surface area contributed by atoms with Crippen LogP contribution >= 0.6 is 0 Å². The fourth-order valence-electron chi connectivity index (χ4n) is 3.55. The van der Waals surface area contributed by atoms with Gasteiger partial charge in [-0.2, -0.15) is 5.10 Å². The van der Waals surface area contributed by atoms with E-state index in [1.165, 1.54) is 0 Å². The highest BCUT2D eigenvalue weighted by Gasteiger charge is 2.18. The molecule has 1 N–H and O–H groups in total. The summed E-state index contributed by atoms with van der Waals surface area (Å²) in [6.07, 6.45) is 1.77. The lowest BCUT2D eigenvalue weighted by Gasteiger charge is -2.13. The molecule has 0 unspecified atom stereocenters. The smallest absolute Gasteiger partial charge is 0.255 e. The maximum Gasteiger partial charge on any atom is 0.255 e. The molecule has 0 radical (unpaired) electrons. The van der Waals surface area contributed by atoms with Crippen molar-refractivity contribution in [3.8, 4) is 28.4 Å². The van der Waals surface area contributed by atoms with Crippen LogP contribution in [-0.4, -0.2) is 28.9 Å². The van der Waals surface area contributed by atoms with Gasteiger partial charge in [-0.1, -0.05) is 54.6 Å². The first-order valence-electron chi connectivity index (χ1n) is 11.1. The van der Waals surface area contributed by atoms with Gasteiger partial charge < -0.3 is 14.8 Å². The molecule has 0 aliphatic carbocycles. The molecule has 0 aliphatic heterocycles. The lowest BCUT2D eigenvalue weighted by Crippen LogP contribution is -2.23. The first kappa shape index (κ1) is 22.1. The minimum Gasteiger partial charge on any atom is -0.490 e. The van der Waals surface area contributed by atoms with Crippen molar-refractivity contribution in [1.82, 2.24) is 15.1 Å². The minimum atomic E-state index is -0.192. The second kappa shape index (κ2) is 10.5. The van der Waals surface area contributed by atoms with Gasteiger partial charge in [0, 0.05) is 18.3 Å². The maximum absolute atomic E-state index is 13.2. The van der Waals surface area contributed by atoms with E-state index in [1.807, 2.05) is 92.7 Å². The van der Waals surface area contributed by atoms with Crippen molar-refractivity contribution in [3.05, 3.63) is 96.2 Å². The van der Waals surface area contributed by atoms with Crippen LogP contribution in [0.2, 0.25) is 0 Å². The van der Waals surface area contributed by atoms with Gasteiger partial charge in [0.05, 0.1) is 24.5 Å². The molecule has 1 aromatic heterocycles. The highest BCUT2D eigenvalue weighted by molar-refractivity contribution is 5.99. The summed E-state index contributed by atoms with van der Waals surface area (Å²) < 4.78 is 13.1. The summed E-state index contributed by atoms with van der Waals surface area (Å²) in [5.74, 6) is 1.18. The fraction of sp³-hybridized carbons (Fsp3) is 0.185. The summed E-state index contributed by atoms with van der Waals surface area (Å²) in [7, 11) is 0. The maximum atomic E-state index is 13.2. The van der Waals surface area contributed by atoms with Crippen LogP contribution in [0.5, 0.6) is 11.5 Å². The van der Waals surface area contributed by atoms with Gasteiger partial charge in [-0.15, -0.1) is 0 Å². The third-order valence-electron chi connectivity index (χ3n) is 5.09. The van der Waals surface area contributed by atoms with Crippen molar-refractivity contribution in [1.29, 1.82) is 0 Å². The number of amides is 1. The Labute approximate surface area is 193 Å². The molecule has 3 aromatic carbocycles. The number of hydrogen-bond donors (Lipinski definition) is 1. The van der Waals surface area contributed by atoms with Crippen LogP contribution in [0.1, 0.15) is 29.8 Å². The fourth-order valence-corrected chi connectivity index (χ4v) is 3.55. The van der Waals surface area contributed by atoms with Gasteiger partial charge in [0.15, 0.2) is 11.5 Å². The summed E-state index contributed by atoms with van der Waals surface area (Å²) in [4.78, 5) is 13.2. The normalized spacial score (nSPS) is 10.6. The number of para-hydroxylation sites is 1. The number of ether oxygens (including phenoxy) is 2. The van der Waals surface area contributed by atoms with Gasteiger partial charge in [-0.25, -0.2) is 4.68 Å². The second-order valence-corrected chi connectivity index (χ2v) is 7.37. The minimum absolute atomic E-state index is 0.192. The predicted octanol–water partition coefficient (Wildman–Crippen LogP) is 5.27. The van der Waals surface area contributed by atoms with Crippen LogP contribution in [-0.2, 0) is 6.54 Å². The standard InChI is InChI=1S/C27H27N3O3/c1-3-32-24-16-15-20(17-25(24)33-4-2)18-28-27(31)23-19-30(22-13-9-6-10-14-22)29-26(23)21-11-7-5-8-12-21/h5-17,19H,3-4,18H2,1-2H3,(H,28,31). The molecule has 4 aromatic rings. The Bertz CT molecular complexity index is 1200. The molecular formula is C27H27N3O3. The Morgan fingerprint density at radius 1 is 0.879 bits per heavy atom. The Hall–Kier alpha value is -4.06. The molecule has 4 rings (SSSR count). The highest BCUT2D eigenvalue weighted by Crippen LogP contribution is 2.29. The van der Waals surface area contributed by atoms with E-state index in [1.54, 1.807) is 10.9 Å². The van der Waals surface area contributed by atoms with Crippen LogP contribution in [0, 0.1) is 0 Å². The molecule has 6 heteroatoms. The van der Waals surface area contributed by atoms with Crippen molar-refractivity contribution in [2.45, 2.75) is 20.4 Å². The van der Waals surface area contributed by atoms with E-state index in [2.05, 4.69) is 5.32 Å². The largest absolute Gasteiger partial charge is 0.490 e. The number of nitrogens with zero attached hydrogens (tertiary/aromatic N) is 2. The lowest BCUT2D eigenvalue weighted by atomic mass is 10.1. The van der Waals surface area contributed by atoms with Crippen molar-refractivity contribution < 1.29 is 14.3 Å². The van der Waals surface area contributed by atoms with Gasteiger partial charge in [-0.05, 0) is 43.7 Å². The molecule has 0 aliphatic rings. The Kier molecular flexibility index (Phi) is 7.05. The van der Waals surface area contributed by atoms with Crippen LogP contribution in [0.3, 0.4) is 0 Å². The Morgan fingerprint density at radius 3 is 2.24 bits per heavy atom. The second-order valence-electron chi connectivity index (χ2n) is 7.37. The molecule has 0 bridgehead atoms. The van der Waals surface area contributed by atoms with Crippen molar-refractivity contribution in [2.24, 2.45) is 0 Å². The molecule has 0 saturated heterocycles. The first-order valence-corrected chi connectivity index (χ1v) is 11.1. The average molecular weight is 442 g/mol. The van der Waals surface area contributed by atoms with Crippen molar-refractivity contribution in [3.63, 3.8) is 0 Å². The number of nitrogens with one attached hydrogen (secondary N) is 1. The number of aromatic nitrogens is 2. The zero-order chi connectivity index (χ0) is 23.0. The van der Waals surface area contributed by atoms with Crippen LogP contribution in [0.25, 0.3) is 16.9 Å². The van der Waals surface area contributed by atoms with Crippen LogP contribution in [0.4, 0.5) is 0 Å². The van der Waals surface area contributed by atoms with E-state index in [-0.39, 0.29) is 5.91 Å². The van der Waals surface area contributed by atoms with Gasteiger partial charge in [0.25, 0.3) is 5.91 Å². The molecular weight excluding hydrogens is 414 g/mol. The van der Waals surface area contributed by atoms with Crippen LogP contribution in [0.15, 0.2) is 85.1 Å². The number of carbonyl (C=O) groups is 1. The molecule has 1 amide bonds. The third kappa shape index (κ3) is 5.23. The van der Waals surface area contributed by atoms with Gasteiger partial charge in [0.2, 0.25) is 0 Å². The monoisotopic (exact) mass is 441 g/mol. The molecule has 6 nitrogen and oxygen atoms in total. The topological polar surface area (TPSA) is 65.4 Å². The molecule has 1 heterocycles. The zero-order valence-corrected chi connectivity index (χ0v) is 18.8. The number of carbonyl (C=O) groups excluding carboxylic acids is 1. The van der Waals surface area contributed by atoms with E-state index >= 15 is 0 Å². The molecule has 0 spiro atoms. The van der Waals surface area contributed by atoms with E-state index in [4.69, 9.17) is 14.6 Å². The van der Waals surface area contributed by atoms with Gasteiger partial charge in [-0.3, -0.25) is 4.79 Å². The first-order chi connectivity index (χ1) is 16.2. The summed E-state index contributed by atoms with van der Waals surface area (Å²) in [5.41, 5.74) is 3.85. The average Bonchev–Trinajstić information content (AvgIpc) is 3.31. The van der Waals surface area contributed by atoms with E-state index < -0.39 is 0 Å². The van der Waals surface area contributed by atoms with Crippen molar-refractivity contribution >= 4 is 5.91 Å². The SMILES string of the molecule is CCOc1ccc(CNC(=O)c2cn(-c3ccccc3)nc2-c2ccccc2)cc1OCC. The molecule has 168 valence electrons. The highest BCUT2D eigenvalue weighted by atomic mass is 16.5. The third-order valence-corrected chi connectivity index (χ3v) is 5.09. The quantitative estimate of drug-likeness (QED) is 0.384. The molecule has 33 heavy (non-hydrogen) atoms. The summed E-state index contributed by atoms with van der Waals surface area (Å²) >= 11 is 0. The molecule has 0 saturated carbocycles. The number of hydrogen-bond acceptors (Lipinski definition) is 4. The van der Waals surface area contributed by atoms with E-state index in [0.717, 1.165) is 16.8 Å². The van der Waals surface area contributed by atoms with E-state index in [0.29, 0.717) is 42.5 Å². The van der Waals surface area contributed by atoms with Crippen LogP contribution < -0.4 is 14.8 Å².